The molecule has 3 amide bonds. The highest BCUT2D eigenvalue weighted by molar-refractivity contribution is 7.98. The number of benzene rings is 2. The summed E-state index contributed by atoms with van der Waals surface area (Å²) in [6.45, 7) is 2.50. The average Bonchev–Trinajstić information content (AvgIpc) is 3.63. The van der Waals surface area contributed by atoms with Gasteiger partial charge in [0.05, 0.1) is 23.3 Å². The molecule has 0 saturated carbocycles. The van der Waals surface area contributed by atoms with E-state index in [2.05, 4.69) is 16.8 Å². The normalized spacial score (nSPS) is 14.1. The molecule has 0 radical (unpaired) electrons. The minimum Gasteiger partial charge on any atom is -0.467 e. The van der Waals surface area contributed by atoms with E-state index in [0.717, 1.165) is 34.8 Å². The Hall–Kier alpha value is -3.91. The third-order valence-electron chi connectivity index (χ3n) is 6.54. The van der Waals surface area contributed by atoms with Crippen molar-refractivity contribution < 1.29 is 14.0 Å². The number of urea groups is 1. The molecule has 2 aromatic heterocycles. The maximum atomic E-state index is 14.1. The van der Waals surface area contributed by atoms with Crippen LogP contribution in [0.1, 0.15) is 37.3 Å². The number of thioether (sulfide) groups is 1. The van der Waals surface area contributed by atoms with Crippen molar-refractivity contribution in [3.05, 3.63) is 96.7 Å². The first-order valence-electron chi connectivity index (χ1n) is 12.4. The van der Waals surface area contributed by atoms with Crippen LogP contribution in [-0.4, -0.2) is 40.8 Å². The molecule has 0 bridgehead atoms. The van der Waals surface area contributed by atoms with Crippen molar-refractivity contribution in [2.75, 3.05) is 29.6 Å². The number of fused-ring (bicyclic) bond motifs is 3. The van der Waals surface area contributed by atoms with Crippen molar-refractivity contribution in [2.45, 2.75) is 30.7 Å². The molecule has 0 spiro atoms. The molecule has 1 unspecified atom stereocenters. The van der Waals surface area contributed by atoms with E-state index in [1.807, 2.05) is 85.2 Å². The summed E-state index contributed by atoms with van der Waals surface area (Å²) in [5, 5.41) is 2.96. The number of aromatic nitrogens is 1. The number of carbonyl (C=O) groups excluding carboxylic acids is 2. The number of furan rings is 1. The minimum atomic E-state index is -0.442. The van der Waals surface area contributed by atoms with Crippen molar-refractivity contribution in [3.8, 4) is 5.69 Å². The van der Waals surface area contributed by atoms with Gasteiger partial charge in [0, 0.05) is 23.3 Å². The highest BCUT2D eigenvalue weighted by atomic mass is 32.2. The molecule has 2 aromatic carbocycles. The van der Waals surface area contributed by atoms with Crippen LogP contribution in [0.15, 0.2) is 94.6 Å². The van der Waals surface area contributed by atoms with Crippen LogP contribution in [0, 0.1) is 0 Å². The molecule has 3 heterocycles. The van der Waals surface area contributed by atoms with Gasteiger partial charge in [0.2, 0.25) is 5.91 Å². The lowest BCUT2D eigenvalue weighted by atomic mass is 10.0. The van der Waals surface area contributed by atoms with E-state index in [4.69, 9.17) is 4.42 Å². The highest BCUT2D eigenvalue weighted by Gasteiger charge is 2.38. The monoisotopic (exact) mass is 514 g/mol. The van der Waals surface area contributed by atoms with Crippen LogP contribution in [0.4, 0.5) is 16.2 Å². The van der Waals surface area contributed by atoms with Crippen LogP contribution in [0.5, 0.6) is 0 Å². The van der Waals surface area contributed by atoms with Gasteiger partial charge in [-0.05, 0) is 73.3 Å². The Morgan fingerprint density at radius 3 is 2.49 bits per heavy atom. The first-order chi connectivity index (χ1) is 18.1. The molecule has 0 aliphatic carbocycles. The number of rotatable bonds is 8. The van der Waals surface area contributed by atoms with Crippen LogP contribution < -0.4 is 10.2 Å². The Kier molecular flexibility index (Phi) is 7.37. The summed E-state index contributed by atoms with van der Waals surface area (Å²) in [5.74, 6) is 0.492. The molecule has 0 fully saturated rings. The fourth-order valence-electron chi connectivity index (χ4n) is 4.70. The van der Waals surface area contributed by atoms with Crippen molar-refractivity contribution in [3.63, 3.8) is 0 Å². The number of unbranched alkanes of at least 4 members (excludes halogenated alkanes) is 1. The van der Waals surface area contributed by atoms with Crippen LogP contribution in [0.2, 0.25) is 0 Å². The number of para-hydroxylation sites is 2. The summed E-state index contributed by atoms with van der Waals surface area (Å²) >= 11 is 1.64. The lowest BCUT2D eigenvalue weighted by Gasteiger charge is -2.38. The van der Waals surface area contributed by atoms with E-state index in [1.54, 1.807) is 27.8 Å². The molecule has 1 aliphatic rings. The molecule has 1 N–H and O–H groups in total. The zero-order chi connectivity index (χ0) is 25.8. The predicted octanol–water partition coefficient (Wildman–Crippen LogP) is 6.56. The zero-order valence-corrected chi connectivity index (χ0v) is 21.8. The van der Waals surface area contributed by atoms with Crippen LogP contribution in [0.3, 0.4) is 0 Å². The van der Waals surface area contributed by atoms with Gasteiger partial charge in [-0.3, -0.25) is 9.69 Å². The van der Waals surface area contributed by atoms with Gasteiger partial charge in [-0.2, -0.15) is 0 Å². The Morgan fingerprint density at radius 2 is 1.78 bits per heavy atom. The molecule has 1 aliphatic heterocycles. The van der Waals surface area contributed by atoms with Gasteiger partial charge in [0.1, 0.15) is 18.3 Å². The van der Waals surface area contributed by atoms with Crippen LogP contribution in [0.25, 0.3) is 5.69 Å². The summed E-state index contributed by atoms with van der Waals surface area (Å²) in [7, 11) is 0. The van der Waals surface area contributed by atoms with Gasteiger partial charge in [0.15, 0.2) is 0 Å². The fourth-order valence-corrected chi connectivity index (χ4v) is 5.10. The van der Waals surface area contributed by atoms with E-state index in [9.17, 15) is 9.59 Å². The van der Waals surface area contributed by atoms with E-state index in [-0.39, 0.29) is 18.5 Å². The molecule has 7 nitrogen and oxygen atoms in total. The van der Waals surface area contributed by atoms with Crippen LogP contribution >= 0.6 is 11.8 Å². The van der Waals surface area contributed by atoms with Crippen molar-refractivity contribution >= 4 is 35.1 Å². The SMILES string of the molecule is CCCCN(CC(=O)N1c2ccccc2-n2cccc2C1c1ccco1)C(=O)Nc1ccc(SC)cc1. The largest absolute Gasteiger partial charge is 0.467 e. The lowest BCUT2D eigenvalue weighted by molar-refractivity contribution is -0.119. The van der Waals surface area contributed by atoms with Crippen molar-refractivity contribution in [1.82, 2.24) is 9.47 Å². The molecule has 0 saturated heterocycles. The highest BCUT2D eigenvalue weighted by Crippen LogP contribution is 2.42. The molecule has 190 valence electrons. The van der Waals surface area contributed by atoms with E-state index >= 15 is 0 Å². The van der Waals surface area contributed by atoms with Crippen molar-refractivity contribution in [1.29, 1.82) is 0 Å². The number of hydrogen-bond donors (Lipinski definition) is 1. The molecule has 8 heteroatoms. The first-order valence-corrected chi connectivity index (χ1v) is 13.6. The quantitative estimate of drug-likeness (QED) is 0.270. The van der Waals surface area contributed by atoms with Crippen LogP contribution in [-0.2, 0) is 4.79 Å². The third kappa shape index (κ3) is 5.02. The van der Waals surface area contributed by atoms with E-state index in [1.165, 1.54) is 0 Å². The summed E-state index contributed by atoms with van der Waals surface area (Å²) in [6.07, 6.45) is 7.34. The van der Waals surface area contributed by atoms with Gasteiger partial charge in [0.25, 0.3) is 0 Å². The van der Waals surface area contributed by atoms with Gasteiger partial charge >= 0.3 is 6.03 Å². The topological polar surface area (TPSA) is 70.7 Å². The molecule has 1 atom stereocenters. The number of amides is 3. The summed E-state index contributed by atoms with van der Waals surface area (Å²) in [5.41, 5.74) is 3.32. The molecular weight excluding hydrogens is 484 g/mol. The number of hydrogen-bond acceptors (Lipinski definition) is 4. The average molecular weight is 515 g/mol. The smallest absolute Gasteiger partial charge is 0.322 e. The Balaban J connectivity index is 1.45. The molecule has 5 rings (SSSR count). The predicted molar refractivity (Wildman–Crippen MR) is 148 cm³/mol. The van der Waals surface area contributed by atoms with Gasteiger partial charge < -0.3 is 19.2 Å². The fraction of sp³-hybridized carbons (Fsp3) is 0.241. The first kappa shape index (κ1) is 24.8. The minimum absolute atomic E-state index is 0.0546. The molecular formula is C29H30N4O3S. The second-order valence-electron chi connectivity index (χ2n) is 8.91. The molecule has 4 aromatic rings. The Bertz CT molecular complexity index is 1360. The number of nitrogens with one attached hydrogen (secondary N) is 1. The Morgan fingerprint density at radius 1 is 1.00 bits per heavy atom. The van der Waals surface area contributed by atoms with E-state index in [0.29, 0.717) is 18.0 Å². The Labute approximate surface area is 221 Å². The number of anilines is 2. The second-order valence-corrected chi connectivity index (χ2v) is 9.79. The number of carbonyl (C=O) groups is 2. The maximum Gasteiger partial charge on any atom is 0.322 e. The standard InChI is InChI=1S/C29H30N4O3S/c1-3-4-17-31(29(35)30-21-13-15-22(37-2)16-14-21)20-27(34)33-24-10-6-5-9-23(24)32-18-7-11-25(32)28(33)26-12-8-19-36-26/h5-16,18-19,28H,3-4,17,20H2,1-2H3,(H,30,35). The second kappa shape index (κ2) is 11.0. The molecule has 37 heavy (non-hydrogen) atoms. The maximum absolute atomic E-state index is 14.1. The summed E-state index contributed by atoms with van der Waals surface area (Å²) in [6, 6.07) is 22.5. The van der Waals surface area contributed by atoms with Gasteiger partial charge in [-0.15, -0.1) is 11.8 Å². The van der Waals surface area contributed by atoms with Gasteiger partial charge in [-0.25, -0.2) is 4.79 Å². The van der Waals surface area contributed by atoms with Crippen molar-refractivity contribution in [2.24, 2.45) is 0 Å². The zero-order valence-electron chi connectivity index (χ0n) is 21.0. The third-order valence-corrected chi connectivity index (χ3v) is 7.28. The van der Waals surface area contributed by atoms with E-state index < -0.39 is 6.04 Å². The van der Waals surface area contributed by atoms with Gasteiger partial charge in [-0.1, -0.05) is 25.5 Å². The lowest BCUT2D eigenvalue weighted by Crippen LogP contribution is -2.47. The summed E-state index contributed by atoms with van der Waals surface area (Å²) < 4.78 is 7.90. The summed E-state index contributed by atoms with van der Waals surface area (Å²) in [4.78, 5) is 31.9. The number of nitrogens with zero attached hydrogens (tertiary/aromatic N) is 3.